The summed E-state index contributed by atoms with van der Waals surface area (Å²) in [5.41, 5.74) is -0.344. The van der Waals surface area contributed by atoms with Gasteiger partial charge in [-0.15, -0.1) is 0 Å². The molecule has 2 N–H and O–H groups in total. The van der Waals surface area contributed by atoms with Crippen molar-refractivity contribution in [2.24, 2.45) is 0 Å². The highest BCUT2D eigenvalue weighted by Gasteiger charge is 2.20. The number of halogens is 2. The Balaban J connectivity index is 3.05. The van der Waals surface area contributed by atoms with Gasteiger partial charge in [0.1, 0.15) is 5.69 Å². The van der Waals surface area contributed by atoms with Crippen LogP contribution in [0.5, 0.6) is 0 Å². The molecule has 0 spiro atoms. The number of nitro groups is 1. The minimum atomic E-state index is -2.68. The van der Waals surface area contributed by atoms with Crippen LogP contribution >= 0.6 is 0 Å². The van der Waals surface area contributed by atoms with Crippen LogP contribution in [0.4, 0.5) is 20.2 Å². The fourth-order valence-electron chi connectivity index (χ4n) is 1.41. The third kappa shape index (κ3) is 3.12. The van der Waals surface area contributed by atoms with Crippen molar-refractivity contribution in [1.29, 1.82) is 0 Å². The van der Waals surface area contributed by atoms with Gasteiger partial charge < -0.3 is 10.6 Å². The number of alkyl halides is 2. The van der Waals surface area contributed by atoms with Crippen molar-refractivity contribution >= 4 is 17.3 Å². The highest BCUT2D eigenvalue weighted by molar-refractivity contribution is 6.01. The molecular weight excluding hydrogens is 248 g/mol. The average molecular weight is 259 g/mol. The van der Waals surface area contributed by atoms with E-state index in [1.807, 2.05) is 5.32 Å². The summed E-state index contributed by atoms with van der Waals surface area (Å²) in [6.45, 7) is -0.801. The van der Waals surface area contributed by atoms with E-state index in [0.29, 0.717) is 0 Å². The summed E-state index contributed by atoms with van der Waals surface area (Å²) in [4.78, 5) is 21.7. The van der Waals surface area contributed by atoms with Gasteiger partial charge in [-0.2, -0.15) is 0 Å². The number of nitro benzene ring substituents is 1. The Morgan fingerprint density at radius 1 is 1.50 bits per heavy atom. The zero-order chi connectivity index (χ0) is 13.7. The van der Waals surface area contributed by atoms with E-state index in [9.17, 15) is 23.7 Å². The lowest BCUT2D eigenvalue weighted by Crippen LogP contribution is -2.29. The quantitative estimate of drug-likeness (QED) is 0.621. The summed E-state index contributed by atoms with van der Waals surface area (Å²) in [6, 6.07) is 3.85. The second-order valence-corrected chi connectivity index (χ2v) is 3.31. The van der Waals surface area contributed by atoms with Crippen LogP contribution in [0.15, 0.2) is 18.2 Å². The lowest BCUT2D eigenvalue weighted by Gasteiger charge is -2.09. The third-order valence-electron chi connectivity index (χ3n) is 2.15. The Kier molecular flexibility index (Phi) is 4.52. The van der Waals surface area contributed by atoms with Crippen LogP contribution in [-0.4, -0.2) is 30.8 Å². The van der Waals surface area contributed by atoms with Crippen molar-refractivity contribution in [3.8, 4) is 0 Å². The number of anilines is 1. The zero-order valence-corrected chi connectivity index (χ0v) is 9.44. The van der Waals surface area contributed by atoms with E-state index < -0.39 is 23.8 Å². The van der Waals surface area contributed by atoms with Gasteiger partial charge in [0, 0.05) is 13.1 Å². The molecule has 0 radical (unpaired) electrons. The van der Waals surface area contributed by atoms with Crippen LogP contribution in [0.25, 0.3) is 0 Å². The predicted octanol–water partition coefficient (Wildman–Crippen LogP) is 1.63. The van der Waals surface area contributed by atoms with Crippen LogP contribution < -0.4 is 10.6 Å². The monoisotopic (exact) mass is 259 g/mol. The minimum Gasteiger partial charge on any atom is -0.382 e. The molecule has 98 valence electrons. The first-order valence-electron chi connectivity index (χ1n) is 4.99. The van der Waals surface area contributed by atoms with Gasteiger partial charge in [-0.25, -0.2) is 8.78 Å². The van der Waals surface area contributed by atoms with Crippen LogP contribution in [0.1, 0.15) is 10.4 Å². The largest absolute Gasteiger partial charge is 0.382 e. The van der Waals surface area contributed by atoms with Crippen molar-refractivity contribution in [1.82, 2.24) is 5.32 Å². The van der Waals surface area contributed by atoms with Gasteiger partial charge in [0.2, 0.25) is 0 Å². The third-order valence-corrected chi connectivity index (χ3v) is 2.15. The van der Waals surface area contributed by atoms with Gasteiger partial charge in [0.05, 0.1) is 17.0 Å². The molecule has 0 aromatic heterocycles. The first-order valence-corrected chi connectivity index (χ1v) is 4.99. The maximum absolute atomic E-state index is 12.0. The van der Waals surface area contributed by atoms with E-state index in [1.165, 1.54) is 25.2 Å². The molecule has 0 fully saturated rings. The molecule has 0 atom stereocenters. The van der Waals surface area contributed by atoms with Gasteiger partial charge in [-0.1, -0.05) is 6.07 Å². The molecule has 0 saturated carbocycles. The highest BCUT2D eigenvalue weighted by Crippen LogP contribution is 2.27. The summed E-state index contributed by atoms with van der Waals surface area (Å²) in [5.74, 6) is -0.789. The summed E-state index contributed by atoms with van der Waals surface area (Å²) in [7, 11) is 1.41. The fraction of sp³-hybridized carbons (Fsp3) is 0.300. The molecular formula is C10H11F2N3O3. The topological polar surface area (TPSA) is 84.3 Å². The Bertz CT molecular complexity index is 466. The van der Waals surface area contributed by atoms with Gasteiger partial charge in [0.25, 0.3) is 18.0 Å². The molecule has 1 aromatic carbocycles. The van der Waals surface area contributed by atoms with Crippen LogP contribution in [0.2, 0.25) is 0 Å². The molecule has 1 aromatic rings. The number of nitrogens with zero attached hydrogens (tertiary/aromatic N) is 1. The SMILES string of the molecule is CNc1c(C(=O)NCC(F)F)cccc1[N+](=O)[O-]. The van der Waals surface area contributed by atoms with Crippen molar-refractivity contribution in [2.45, 2.75) is 6.43 Å². The summed E-state index contributed by atoms with van der Waals surface area (Å²) in [5, 5.41) is 15.2. The maximum atomic E-state index is 12.0. The minimum absolute atomic E-state index is 0.00531. The maximum Gasteiger partial charge on any atom is 0.293 e. The first-order chi connectivity index (χ1) is 8.47. The molecule has 6 nitrogen and oxygen atoms in total. The molecule has 8 heteroatoms. The van der Waals surface area contributed by atoms with E-state index in [1.54, 1.807) is 0 Å². The van der Waals surface area contributed by atoms with Crippen molar-refractivity contribution < 1.29 is 18.5 Å². The first kappa shape index (κ1) is 13.8. The number of nitrogens with one attached hydrogen (secondary N) is 2. The standard InChI is InChI=1S/C10H11F2N3O3/c1-13-9-6(10(16)14-5-8(11)12)3-2-4-7(9)15(17)18/h2-4,8,13H,5H2,1H3,(H,14,16). The van der Waals surface area contributed by atoms with Gasteiger partial charge in [0.15, 0.2) is 0 Å². The Hall–Kier alpha value is -2.25. The van der Waals surface area contributed by atoms with Crippen molar-refractivity contribution in [3.05, 3.63) is 33.9 Å². The highest BCUT2D eigenvalue weighted by atomic mass is 19.3. The molecule has 18 heavy (non-hydrogen) atoms. The second kappa shape index (κ2) is 5.89. The molecule has 0 aliphatic heterocycles. The molecule has 1 amide bonds. The number of para-hydroxylation sites is 1. The molecule has 0 bridgehead atoms. The van der Waals surface area contributed by atoms with E-state index in [0.717, 1.165) is 0 Å². The number of benzene rings is 1. The number of hydrogen-bond donors (Lipinski definition) is 2. The molecule has 1 rings (SSSR count). The number of carbonyl (C=O) groups excluding carboxylic acids is 1. The van der Waals surface area contributed by atoms with E-state index in [-0.39, 0.29) is 16.9 Å². The summed E-state index contributed by atoms with van der Waals surface area (Å²) in [6.07, 6.45) is -2.68. The van der Waals surface area contributed by atoms with E-state index >= 15 is 0 Å². The number of hydrogen-bond acceptors (Lipinski definition) is 4. The second-order valence-electron chi connectivity index (χ2n) is 3.31. The number of amides is 1. The Morgan fingerprint density at radius 3 is 2.67 bits per heavy atom. The zero-order valence-electron chi connectivity index (χ0n) is 9.44. The molecule has 0 saturated heterocycles. The van der Waals surface area contributed by atoms with E-state index in [4.69, 9.17) is 0 Å². The van der Waals surface area contributed by atoms with Gasteiger partial charge in [-0.05, 0) is 6.07 Å². The molecule has 0 aliphatic carbocycles. The van der Waals surface area contributed by atoms with Crippen LogP contribution in [0, 0.1) is 10.1 Å². The molecule has 0 aliphatic rings. The molecule has 0 heterocycles. The smallest absolute Gasteiger partial charge is 0.293 e. The lowest BCUT2D eigenvalue weighted by molar-refractivity contribution is -0.384. The lowest BCUT2D eigenvalue weighted by atomic mass is 10.1. The van der Waals surface area contributed by atoms with Gasteiger partial charge in [-0.3, -0.25) is 14.9 Å². The number of carbonyl (C=O) groups is 1. The summed E-state index contributed by atoms with van der Waals surface area (Å²) >= 11 is 0. The Morgan fingerprint density at radius 2 is 2.17 bits per heavy atom. The van der Waals surface area contributed by atoms with Crippen molar-refractivity contribution in [2.75, 3.05) is 18.9 Å². The van der Waals surface area contributed by atoms with Gasteiger partial charge >= 0.3 is 0 Å². The average Bonchev–Trinajstić information content (AvgIpc) is 2.34. The fourth-order valence-corrected chi connectivity index (χ4v) is 1.41. The predicted molar refractivity (Wildman–Crippen MR) is 61.0 cm³/mol. The Labute approximate surface area is 101 Å². The normalized spacial score (nSPS) is 10.2. The van der Waals surface area contributed by atoms with Crippen molar-refractivity contribution in [3.63, 3.8) is 0 Å². The summed E-state index contributed by atoms with van der Waals surface area (Å²) < 4.78 is 23.9. The van der Waals surface area contributed by atoms with Crippen LogP contribution in [-0.2, 0) is 0 Å². The number of rotatable bonds is 5. The van der Waals surface area contributed by atoms with Crippen LogP contribution in [0.3, 0.4) is 0 Å². The van der Waals surface area contributed by atoms with E-state index in [2.05, 4.69) is 5.32 Å². The molecule has 0 unspecified atom stereocenters.